The average molecular weight is 698 g/mol. The van der Waals surface area contributed by atoms with Crippen molar-refractivity contribution in [2.75, 3.05) is 12.0 Å². The number of methoxy groups -OCH3 is 1. The van der Waals surface area contributed by atoms with Crippen molar-refractivity contribution < 1.29 is 29.0 Å². The van der Waals surface area contributed by atoms with E-state index in [-0.39, 0.29) is 22.0 Å². The number of benzene rings is 4. The molecule has 0 radical (unpaired) electrons. The van der Waals surface area contributed by atoms with Gasteiger partial charge in [0.25, 0.3) is 5.78 Å². The molecule has 4 aromatic carbocycles. The number of ether oxygens (including phenoxy) is 2. The summed E-state index contributed by atoms with van der Waals surface area (Å²) in [4.78, 5) is 40.6. The highest BCUT2D eigenvalue weighted by Gasteiger charge is 2.48. The smallest absolute Gasteiger partial charge is 0.337 e. The van der Waals surface area contributed by atoms with E-state index in [2.05, 4.69) is 10.2 Å². The molecule has 0 saturated carbocycles. The topological polar surface area (TPSA) is 119 Å². The fourth-order valence-corrected chi connectivity index (χ4v) is 7.10. The molecular formula is C36H28ClN3O6S2. The number of halogens is 1. The number of hydrogen-bond acceptors (Lipinski definition) is 10. The second-order valence-electron chi connectivity index (χ2n) is 10.8. The molecule has 1 saturated heterocycles. The molecule has 0 bridgehead atoms. The molecule has 1 N–H and O–H groups in total. The second kappa shape index (κ2) is 14.4. The number of carbonyl (C=O) groups excluding carboxylic acids is 3. The van der Waals surface area contributed by atoms with E-state index in [1.807, 2.05) is 43.3 Å². The van der Waals surface area contributed by atoms with Crippen LogP contribution in [0.3, 0.4) is 0 Å². The van der Waals surface area contributed by atoms with E-state index >= 15 is 0 Å². The number of ketones is 1. The Balaban J connectivity index is 1.32. The Labute approximate surface area is 289 Å². The summed E-state index contributed by atoms with van der Waals surface area (Å²) >= 11 is 8.59. The molecule has 1 atom stereocenters. The maximum atomic E-state index is 13.6. The number of carbonyl (C=O) groups is 3. The van der Waals surface area contributed by atoms with Crippen molar-refractivity contribution in [2.45, 2.75) is 29.7 Å². The molecule has 1 fully saturated rings. The summed E-state index contributed by atoms with van der Waals surface area (Å²) in [6.45, 7) is 2.38. The molecule has 12 heteroatoms. The van der Waals surface area contributed by atoms with Gasteiger partial charge >= 0.3 is 11.9 Å². The number of thioether (sulfide) groups is 1. The SMILES string of the molecule is COC(=O)c1ccc(C2/C(=C(\O)c3ccc(OCc4ccccc4C)cc3)C(=O)C(=O)N2c2nnc(SCc3ccc(Cl)cc3)s2)cc1. The van der Waals surface area contributed by atoms with Crippen molar-refractivity contribution in [3.8, 4) is 5.75 Å². The second-order valence-corrected chi connectivity index (χ2v) is 13.4. The van der Waals surface area contributed by atoms with Gasteiger partial charge < -0.3 is 14.6 Å². The first kappa shape index (κ1) is 33.0. The molecule has 6 rings (SSSR count). The van der Waals surface area contributed by atoms with Crippen molar-refractivity contribution in [3.63, 3.8) is 0 Å². The third-order valence-corrected chi connectivity index (χ3v) is 10.1. The lowest BCUT2D eigenvalue weighted by atomic mass is 9.94. The van der Waals surface area contributed by atoms with Gasteiger partial charge in [-0.05, 0) is 77.7 Å². The molecule has 1 amide bonds. The first-order chi connectivity index (χ1) is 23.2. The number of hydrogen-bond donors (Lipinski definition) is 1. The number of aryl methyl sites for hydroxylation is 1. The minimum absolute atomic E-state index is 0.120. The van der Waals surface area contributed by atoms with Gasteiger partial charge in [-0.1, -0.05) is 83.2 Å². The number of Topliss-reactive ketones (excluding diaryl/α,β-unsaturated/α-hetero) is 1. The van der Waals surface area contributed by atoms with Crippen molar-refractivity contribution in [2.24, 2.45) is 0 Å². The van der Waals surface area contributed by atoms with Crippen molar-refractivity contribution in [3.05, 3.63) is 141 Å². The maximum Gasteiger partial charge on any atom is 0.337 e. The minimum atomic E-state index is -1.05. The first-order valence-electron chi connectivity index (χ1n) is 14.7. The summed E-state index contributed by atoms with van der Waals surface area (Å²) in [5, 5.41) is 20.9. The lowest BCUT2D eigenvalue weighted by molar-refractivity contribution is -0.132. The lowest BCUT2D eigenvalue weighted by Crippen LogP contribution is -2.29. The van der Waals surface area contributed by atoms with Gasteiger partial charge in [0.1, 0.15) is 18.1 Å². The van der Waals surface area contributed by atoms with Gasteiger partial charge in [-0.15, -0.1) is 10.2 Å². The number of amides is 1. The van der Waals surface area contributed by atoms with Crippen LogP contribution in [0.2, 0.25) is 5.02 Å². The standard InChI is InChI=1S/C36H28ClN3O6S2/c1-21-5-3-4-6-26(21)19-46-28-17-13-24(14-18-28)31(41)29-30(23-9-11-25(12-10-23)34(44)45-2)40(33(43)32(29)42)35-38-39-36(48-35)47-20-22-7-15-27(37)16-8-22/h3-18,30,41H,19-20H2,1-2H3/b31-29+. The van der Waals surface area contributed by atoms with E-state index < -0.39 is 23.7 Å². The minimum Gasteiger partial charge on any atom is -0.507 e. The zero-order chi connectivity index (χ0) is 33.8. The van der Waals surface area contributed by atoms with Crippen LogP contribution in [0.4, 0.5) is 5.13 Å². The summed E-state index contributed by atoms with van der Waals surface area (Å²) in [7, 11) is 1.28. The summed E-state index contributed by atoms with van der Waals surface area (Å²) in [5.74, 6) is -1.46. The molecule has 0 aliphatic carbocycles. The summed E-state index contributed by atoms with van der Waals surface area (Å²) in [6.07, 6.45) is 0. The largest absolute Gasteiger partial charge is 0.507 e. The molecule has 242 valence electrons. The highest BCUT2D eigenvalue weighted by Crippen LogP contribution is 2.44. The van der Waals surface area contributed by atoms with E-state index in [0.717, 1.165) is 28.0 Å². The van der Waals surface area contributed by atoms with Crippen molar-refractivity contribution in [1.29, 1.82) is 0 Å². The van der Waals surface area contributed by atoms with Gasteiger partial charge in [-0.2, -0.15) is 0 Å². The Kier molecular flexibility index (Phi) is 9.90. The molecule has 0 spiro atoms. The molecular weight excluding hydrogens is 670 g/mol. The zero-order valence-electron chi connectivity index (χ0n) is 25.8. The van der Waals surface area contributed by atoms with Crippen LogP contribution < -0.4 is 9.64 Å². The highest BCUT2D eigenvalue weighted by molar-refractivity contribution is 8.00. The molecule has 5 aromatic rings. The van der Waals surface area contributed by atoms with Crippen LogP contribution in [0.5, 0.6) is 5.75 Å². The monoisotopic (exact) mass is 697 g/mol. The number of aliphatic hydroxyl groups is 1. The third-order valence-electron chi connectivity index (χ3n) is 7.75. The Morgan fingerprint density at radius 2 is 1.62 bits per heavy atom. The molecule has 1 aliphatic heterocycles. The van der Waals surface area contributed by atoms with E-state index in [9.17, 15) is 19.5 Å². The molecule has 1 aromatic heterocycles. The number of nitrogens with zero attached hydrogens (tertiary/aromatic N) is 3. The van der Waals surface area contributed by atoms with Gasteiger partial charge in [0.05, 0.1) is 24.3 Å². The quantitative estimate of drug-likeness (QED) is 0.0390. The van der Waals surface area contributed by atoms with Crippen LogP contribution in [0.25, 0.3) is 5.76 Å². The average Bonchev–Trinajstić information content (AvgIpc) is 3.68. The van der Waals surface area contributed by atoms with Crippen LogP contribution in [-0.4, -0.2) is 40.1 Å². The van der Waals surface area contributed by atoms with Crippen LogP contribution in [0, 0.1) is 6.92 Å². The normalized spacial score (nSPS) is 15.5. The molecule has 1 unspecified atom stereocenters. The van der Waals surface area contributed by atoms with Crippen molar-refractivity contribution in [1.82, 2.24) is 10.2 Å². The lowest BCUT2D eigenvalue weighted by Gasteiger charge is -2.22. The summed E-state index contributed by atoms with van der Waals surface area (Å²) in [6, 6.07) is 27.3. The van der Waals surface area contributed by atoms with Crippen LogP contribution in [0.1, 0.15) is 44.2 Å². The van der Waals surface area contributed by atoms with Gasteiger partial charge in [0, 0.05) is 16.3 Å². The third kappa shape index (κ3) is 6.98. The Morgan fingerprint density at radius 3 is 2.31 bits per heavy atom. The number of anilines is 1. The highest BCUT2D eigenvalue weighted by atomic mass is 35.5. The van der Waals surface area contributed by atoms with Crippen LogP contribution in [0.15, 0.2) is 107 Å². The van der Waals surface area contributed by atoms with Crippen LogP contribution in [-0.2, 0) is 26.7 Å². The van der Waals surface area contributed by atoms with E-state index in [4.69, 9.17) is 21.1 Å². The van der Waals surface area contributed by atoms with Gasteiger partial charge in [0.2, 0.25) is 5.13 Å². The number of aromatic nitrogens is 2. The summed E-state index contributed by atoms with van der Waals surface area (Å²) in [5.41, 5.74) is 4.15. The van der Waals surface area contributed by atoms with E-state index in [1.54, 1.807) is 48.5 Å². The van der Waals surface area contributed by atoms with Gasteiger partial charge in [-0.25, -0.2) is 4.79 Å². The number of rotatable bonds is 10. The predicted octanol–water partition coefficient (Wildman–Crippen LogP) is 7.78. The van der Waals surface area contributed by atoms with Crippen molar-refractivity contribution >= 4 is 63.3 Å². The molecule has 9 nitrogen and oxygen atoms in total. The summed E-state index contributed by atoms with van der Waals surface area (Å²) < 4.78 is 11.4. The molecule has 48 heavy (non-hydrogen) atoms. The fourth-order valence-electron chi connectivity index (χ4n) is 5.15. The Hall–Kier alpha value is -4.97. The van der Waals surface area contributed by atoms with Gasteiger partial charge in [0.15, 0.2) is 4.34 Å². The Bertz CT molecular complexity index is 2010. The van der Waals surface area contributed by atoms with E-state index in [1.165, 1.54) is 35.9 Å². The first-order valence-corrected chi connectivity index (χ1v) is 16.9. The zero-order valence-corrected chi connectivity index (χ0v) is 28.1. The predicted molar refractivity (Wildman–Crippen MR) is 185 cm³/mol. The number of aliphatic hydroxyl groups excluding tert-OH is 1. The molecule has 1 aliphatic rings. The fraction of sp³-hybridized carbons (Fsp3) is 0.139. The molecule has 2 heterocycles. The van der Waals surface area contributed by atoms with E-state index in [0.29, 0.717) is 38.6 Å². The Morgan fingerprint density at radius 1 is 0.938 bits per heavy atom. The maximum absolute atomic E-state index is 13.6. The van der Waals surface area contributed by atoms with Gasteiger partial charge in [-0.3, -0.25) is 14.5 Å². The number of esters is 1. The van der Waals surface area contributed by atoms with Crippen LogP contribution >= 0.6 is 34.7 Å².